The summed E-state index contributed by atoms with van der Waals surface area (Å²) in [5.41, 5.74) is 1.48. The van der Waals surface area contributed by atoms with Crippen LogP contribution < -0.4 is 15.4 Å². The Morgan fingerprint density at radius 1 is 1.00 bits per heavy atom. The van der Waals surface area contributed by atoms with Crippen molar-refractivity contribution in [1.29, 1.82) is 0 Å². The molecule has 0 heterocycles. The summed E-state index contributed by atoms with van der Waals surface area (Å²) < 4.78 is 5.43. The van der Waals surface area contributed by atoms with Gasteiger partial charge >= 0.3 is 0 Å². The number of hydrogen-bond donors (Lipinski definition) is 2. The van der Waals surface area contributed by atoms with Gasteiger partial charge in [-0.1, -0.05) is 44.1 Å². The van der Waals surface area contributed by atoms with Crippen LogP contribution in [-0.2, 0) is 0 Å². The number of carbonyl (C=O) groups excluding carboxylic acids is 2. The van der Waals surface area contributed by atoms with Crippen molar-refractivity contribution in [3.05, 3.63) is 72.3 Å². The molecule has 5 heteroatoms. The van der Waals surface area contributed by atoms with Gasteiger partial charge in [-0.3, -0.25) is 9.59 Å². The second-order valence-corrected chi connectivity index (χ2v) is 6.93. The Morgan fingerprint density at radius 3 is 2.43 bits per heavy atom. The van der Waals surface area contributed by atoms with Crippen LogP contribution in [0.5, 0.6) is 5.75 Å². The van der Waals surface area contributed by atoms with Crippen molar-refractivity contribution in [2.75, 3.05) is 11.9 Å². The first-order valence-electron chi connectivity index (χ1n) is 9.72. The van der Waals surface area contributed by atoms with E-state index in [1.165, 1.54) is 6.42 Å². The minimum Gasteiger partial charge on any atom is -0.490 e. The van der Waals surface area contributed by atoms with Gasteiger partial charge in [0.2, 0.25) is 0 Å². The molecule has 2 aromatic carbocycles. The van der Waals surface area contributed by atoms with Crippen molar-refractivity contribution < 1.29 is 14.3 Å². The van der Waals surface area contributed by atoms with Gasteiger partial charge in [0.25, 0.3) is 11.8 Å². The molecule has 3 rings (SSSR count). The van der Waals surface area contributed by atoms with E-state index in [9.17, 15) is 9.59 Å². The van der Waals surface area contributed by atoms with E-state index in [1.54, 1.807) is 54.6 Å². The van der Waals surface area contributed by atoms with Crippen LogP contribution in [0, 0.1) is 0 Å². The Morgan fingerprint density at radius 2 is 1.71 bits per heavy atom. The van der Waals surface area contributed by atoms with E-state index in [4.69, 9.17) is 4.74 Å². The molecule has 0 bridgehead atoms. The van der Waals surface area contributed by atoms with E-state index in [2.05, 4.69) is 17.2 Å². The quantitative estimate of drug-likeness (QED) is 0.694. The van der Waals surface area contributed by atoms with Gasteiger partial charge in [0.1, 0.15) is 12.4 Å². The molecule has 2 amide bonds. The SMILES string of the molecule is C=CCOc1ccc(C(=O)Nc2ccccc2C(=O)NC2CCCCC2)cc1. The lowest BCUT2D eigenvalue weighted by molar-refractivity contribution is 0.0928. The maximum atomic E-state index is 12.7. The normalized spacial score (nSPS) is 14.1. The van der Waals surface area contributed by atoms with Crippen molar-refractivity contribution in [1.82, 2.24) is 5.32 Å². The number of anilines is 1. The molecule has 146 valence electrons. The molecule has 0 atom stereocenters. The lowest BCUT2D eigenvalue weighted by atomic mass is 9.95. The average molecular weight is 378 g/mol. The first-order valence-corrected chi connectivity index (χ1v) is 9.72. The van der Waals surface area contributed by atoms with Crippen LogP contribution in [-0.4, -0.2) is 24.5 Å². The summed E-state index contributed by atoms with van der Waals surface area (Å²) in [7, 11) is 0. The number of carbonyl (C=O) groups is 2. The second kappa shape index (κ2) is 9.74. The van der Waals surface area contributed by atoms with Crippen molar-refractivity contribution in [3.8, 4) is 5.75 Å². The van der Waals surface area contributed by atoms with Crippen LogP contribution >= 0.6 is 0 Å². The number of benzene rings is 2. The fourth-order valence-corrected chi connectivity index (χ4v) is 3.35. The molecule has 1 aliphatic carbocycles. The van der Waals surface area contributed by atoms with E-state index in [0.29, 0.717) is 29.2 Å². The van der Waals surface area contributed by atoms with E-state index in [0.717, 1.165) is 25.7 Å². The van der Waals surface area contributed by atoms with E-state index < -0.39 is 0 Å². The summed E-state index contributed by atoms with van der Waals surface area (Å²) in [5, 5.41) is 5.95. The highest BCUT2D eigenvalue weighted by Gasteiger charge is 2.19. The maximum Gasteiger partial charge on any atom is 0.255 e. The lowest BCUT2D eigenvalue weighted by Gasteiger charge is -2.23. The summed E-state index contributed by atoms with van der Waals surface area (Å²) in [6.07, 6.45) is 7.22. The minimum atomic E-state index is -0.270. The predicted octanol–water partition coefficient (Wildman–Crippen LogP) is 4.57. The zero-order chi connectivity index (χ0) is 19.8. The Hall–Kier alpha value is -3.08. The summed E-state index contributed by atoms with van der Waals surface area (Å²) >= 11 is 0. The zero-order valence-electron chi connectivity index (χ0n) is 15.9. The van der Waals surface area contributed by atoms with Gasteiger partial charge in [0, 0.05) is 11.6 Å². The Balaban J connectivity index is 1.67. The number of rotatable bonds is 7. The van der Waals surface area contributed by atoms with Gasteiger partial charge in [-0.2, -0.15) is 0 Å². The van der Waals surface area contributed by atoms with Gasteiger partial charge in [0.15, 0.2) is 0 Å². The molecule has 28 heavy (non-hydrogen) atoms. The number of amides is 2. The van der Waals surface area contributed by atoms with Crippen molar-refractivity contribution >= 4 is 17.5 Å². The van der Waals surface area contributed by atoms with E-state index in [1.807, 2.05) is 0 Å². The Bertz CT molecular complexity index is 824. The molecule has 0 spiro atoms. The van der Waals surface area contributed by atoms with Gasteiger partial charge in [0.05, 0.1) is 11.3 Å². The van der Waals surface area contributed by atoms with Crippen molar-refractivity contribution in [3.63, 3.8) is 0 Å². The van der Waals surface area contributed by atoms with Gasteiger partial charge in [-0.25, -0.2) is 0 Å². The Labute approximate surface area is 165 Å². The third-order valence-electron chi connectivity index (χ3n) is 4.84. The summed E-state index contributed by atoms with van der Waals surface area (Å²) in [6, 6.07) is 14.2. The maximum absolute atomic E-state index is 12.7. The van der Waals surface area contributed by atoms with Gasteiger partial charge in [-0.05, 0) is 49.2 Å². The second-order valence-electron chi connectivity index (χ2n) is 6.93. The van der Waals surface area contributed by atoms with Crippen molar-refractivity contribution in [2.24, 2.45) is 0 Å². The number of hydrogen-bond acceptors (Lipinski definition) is 3. The average Bonchev–Trinajstić information content (AvgIpc) is 2.73. The van der Waals surface area contributed by atoms with Crippen LogP contribution in [0.15, 0.2) is 61.2 Å². The summed E-state index contributed by atoms with van der Waals surface area (Å²) in [6.45, 7) is 4.02. The van der Waals surface area contributed by atoms with Crippen LogP contribution in [0.2, 0.25) is 0 Å². The fourth-order valence-electron chi connectivity index (χ4n) is 3.35. The molecule has 1 aliphatic rings. The summed E-state index contributed by atoms with van der Waals surface area (Å²) in [4.78, 5) is 25.3. The lowest BCUT2D eigenvalue weighted by Crippen LogP contribution is -2.36. The third kappa shape index (κ3) is 5.22. The predicted molar refractivity (Wildman–Crippen MR) is 111 cm³/mol. The number of ether oxygens (including phenoxy) is 1. The molecule has 5 nitrogen and oxygen atoms in total. The molecule has 0 radical (unpaired) electrons. The first-order chi connectivity index (χ1) is 13.7. The smallest absolute Gasteiger partial charge is 0.255 e. The molecule has 2 aromatic rings. The molecule has 2 N–H and O–H groups in total. The topological polar surface area (TPSA) is 67.4 Å². The molecule has 1 saturated carbocycles. The zero-order valence-corrected chi connectivity index (χ0v) is 15.9. The van der Waals surface area contributed by atoms with Crippen LogP contribution in [0.25, 0.3) is 0 Å². The highest BCUT2D eigenvalue weighted by atomic mass is 16.5. The number of para-hydroxylation sites is 1. The molecular weight excluding hydrogens is 352 g/mol. The Kier molecular flexibility index (Phi) is 6.84. The van der Waals surface area contributed by atoms with Gasteiger partial charge in [-0.15, -0.1) is 0 Å². The number of nitrogens with one attached hydrogen (secondary N) is 2. The van der Waals surface area contributed by atoms with Crippen LogP contribution in [0.4, 0.5) is 5.69 Å². The molecule has 1 fully saturated rings. The minimum absolute atomic E-state index is 0.143. The van der Waals surface area contributed by atoms with Gasteiger partial charge < -0.3 is 15.4 Å². The van der Waals surface area contributed by atoms with Crippen LogP contribution in [0.3, 0.4) is 0 Å². The molecule has 0 aromatic heterocycles. The van der Waals surface area contributed by atoms with E-state index in [-0.39, 0.29) is 17.9 Å². The highest BCUT2D eigenvalue weighted by molar-refractivity contribution is 6.09. The first kappa shape index (κ1) is 19.7. The molecule has 0 saturated heterocycles. The standard InChI is InChI=1S/C23H26N2O3/c1-2-16-28-19-14-12-17(13-15-19)22(26)25-21-11-7-6-10-20(21)23(27)24-18-8-4-3-5-9-18/h2,6-7,10-15,18H,1,3-5,8-9,16H2,(H,24,27)(H,25,26). The fraction of sp³-hybridized carbons (Fsp3) is 0.304. The third-order valence-corrected chi connectivity index (χ3v) is 4.84. The van der Waals surface area contributed by atoms with E-state index >= 15 is 0 Å². The van der Waals surface area contributed by atoms with Crippen molar-refractivity contribution in [2.45, 2.75) is 38.1 Å². The summed E-state index contributed by atoms with van der Waals surface area (Å²) in [5.74, 6) is 0.257. The largest absolute Gasteiger partial charge is 0.490 e. The monoisotopic (exact) mass is 378 g/mol. The molecule has 0 unspecified atom stereocenters. The molecule has 0 aliphatic heterocycles. The van der Waals surface area contributed by atoms with Crippen LogP contribution in [0.1, 0.15) is 52.8 Å². The highest BCUT2D eigenvalue weighted by Crippen LogP contribution is 2.21. The molecular formula is C23H26N2O3.